The minimum absolute atomic E-state index is 0.0121. The molecule has 2 aromatic rings. The Hall–Kier alpha value is -3.20. The lowest BCUT2D eigenvalue weighted by atomic mass is 9.74. The average molecular weight is 595 g/mol. The molecule has 0 saturated carbocycles. The number of esters is 1. The van der Waals surface area contributed by atoms with Crippen LogP contribution in [-0.4, -0.2) is 24.2 Å². The molecule has 2 aromatic carbocycles. The van der Waals surface area contributed by atoms with Crippen LogP contribution in [0, 0.1) is 26.2 Å². The monoisotopic (exact) mass is 595 g/mol. The molecule has 6 nitrogen and oxygen atoms in total. The van der Waals surface area contributed by atoms with Crippen LogP contribution < -0.4 is 4.90 Å². The standard InChI is InChI=1S/C25H21F3IN3O3/c1-4-35-24(34)22-21(16-7-5-15(12-30)6-8-16)20(14(3)33)13(2)32(23(22)31)19-10-17(25(26,27)28)9-18(29)11-19/h5-11,21-22,31H,4H2,1-3H3. The van der Waals surface area contributed by atoms with E-state index in [9.17, 15) is 22.8 Å². The van der Waals surface area contributed by atoms with Crippen LogP contribution in [0.3, 0.4) is 0 Å². The largest absolute Gasteiger partial charge is 0.465 e. The lowest BCUT2D eigenvalue weighted by Gasteiger charge is -2.41. The molecule has 0 aliphatic carbocycles. The van der Waals surface area contributed by atoms with E-state index in [0.717, 1.165) is 12.1 Å². The highest BCUT2D eigenvalue weighted by Crippen LogP contribution is 2.44. The van der Waals surface area contributed by atoms with Crippen LogP contribution >= 0.6 is 22.6 Å². The first kappa shape index (κ1) is 26.4. The fourth-order valence-electron chi connectivity index (χ4n) is 4.27. The van der Waals surface area contributed by atoms with Gasteiger partial charge in [0.05, 0.1) is 23.8 Å². The third-order valence-corrected chi connectivity index (χ3v) is 6.31. The number of Topliss-reactive ketones (excluding diaryl/α,β-unsaturated/α-hetero) is 1. The van der Waals surface area contributed by atoms with E-state index in [1.54, 1.807) is 41.6 Å². The molecule has 2 unspecified atom stereocenters. The summed E-state index contributed by atoms with van der Waals surface area (Å²) in [4.78, 5) is 27.2. The molecule has 1 aliphatic heterocycles. The van der Waals surface area contributed by atoms with E-state index < -0.39 is 35.3 Å². The maximum atomic E-state index is 13.5. The third kappa shape index (κ3) is 5.24. The number of ether oxygens (including phenoxy) is 1. The first-order valence-electron chi connectivity index (χ1n) is 10.5. The molecule has 3 rings (SSSR count). The Balaban J connectivity index is 2.31. The predicted molar refractivity (Wildman–Crippen MR) is 132 cm³/mol. The zero-order valence-electron chi connectivity index (χ0n) is 19.0. The molecule has 0 radical (unpaired) electrons. The number of allylic oxidation sites excluding steroid dienone is 2. The maximum absolute atomic E-state index is 13.5. The summed E-state index contributed by atoms with van der Waals surface area (Å²) >= 11 is 1.75. The second-order valence-corrected chi connectivity index (χ2v) is 9.16. The van der Waals surface area contributed by atoms with Gasteiger partial charge in [-0.1, -0.05) is 12.1 Å². The topological polar surface area (TPSA) is 94.2 Å². The van der Waals surface area contributed by atoms with Crippen LogP contribution in [0.5, 0.6) is 0 Å². The molecule has 0 aromatic heterocycles. The van der Waals surface area contributed by atoms with Gasteiger partial charge in [0, 0.05) is 26.4 Å². The number of ketones is 1. The fourth-order valence-corrected chi connectivity index (χ4v) is 4.92. The second-order valence-electron chi connectivity index (χ2n) is 7.91. The number of anilines is 1. The molecule has 0 spiro atoms. The first-order chi connectivity index (χ1) is 16.4. The van der Waals surface area contributed by atoms with Crippen molar-refractivity contribution in [2.24, 2.45) is 5.92 Å². The number of benzene rings is 2. The Morgan fingerprint density at radius 1 is 1.20 bits per heavy atom. The summed E-state index contributed by atoms with van der Waals surface area (Å²) in [7, 11) is 0. The molecule has 1 aliphatic rings. The number of amidine groups is 1. The molecule has 1 heterocycles. The van der Waals surface area contributed by atoms with Gasteiger partial charge in [-0.05, 0) is 79.3 Å². The molecule has 1 N–H and O–H groups in total. The highest BCUT2D eigenvalue weighted by atomic mass is 127. The van der Waals surface area contributed by atoms with Crippen molar-refractivity contribution < 1.29 is 27.5 Å². The molecule has 2 atom stereocenters. The number of hydrogen-bond acceptors (Lipinski definition) is 5. The number of nitriles is 1. The molecule has 0 bridgehead atoms. The predicted octanol–water partition coefficient (Wildman–Crippen LogP) is 5.81. The van der Waals surface area contributed by atoms with Crippen LogP contribution in [0.15, 0.2) is 53.7 Å². The van der Waals surface area contributed by atoms with Gasteiger partial charge in [0.2, 0.25) is 0 Å². The van der Waals surface area contributed by atoms with Gasteiger partial charge >= 0.3 is 12.1 Å². The van der Waals surface area contributed by atoms with Crippen molar-refractivity contribution in [3.63, 3.8) is 0 Å². The van der Waals surface area contributed by atoms with Gasteiger partial charge in [-0.15, -0.1) is 0 Å². The number of hydrogen-bond donors (Lipinski definition) is 1. The van der Waals surface area contributed by atoms with Gasteiger partial charge in [0.25, 0.3) is 0 Å². The summed E-state index contributed by atoms with van der Waals surface area (Å²) in [6.07, 6.45) is -4.62. The van der Waals surface area contributed by atoms with Crippen LogP contribution in [0.4, 0.5) is 18.9 Å². The summed E-state index contributed by atoms with van der Waals surface area (Å²) in [6, 6.07) is 11.6. The minimum atomic E-state index is -4.62. The summed E-state index contributed by atoms with van der Waals surface area (Å²) in [5.74, 6) is -3.68. The highest BCUT2D eigenvalue weighted by Gasteiger charge is 2.46. The van der Waals surface area contributed by atoms with Gasteiger partial charge in [0.1, 0.15) is 11.8 Å². The van der Waals surface area contributed by atoms with Gasteiger partial charge in [-0.2, -0.15) is 18.4 Å². The number of rotatable bonds is 5. The number of halogens is 4. The second kappa shape index (κ2) is 10.2. The lowest BCUT2D eigenvalue weighted by Crippen LogP contribution is -2.48. The summed E-state index contributed by atoms with van der Waals surface area (Å²) in [6.45, 7) is 4.46. The van der Waals surface area contributed by atoms with E-state index in [0.29, 0.717) is 11.1 Å². The Bertz CT molecular complexity index is 1260. The van der Waals surface area contributed by atoms with Gasteiger partial charge in [-0.25, -0.2) is 0 Å². The SMILES string of the molecule is CCOC(=O)C1C(=N)N(c2cc(I)cc(C(F)(F)F)c2)C(C)=C(C(C)=O)C1c1ccc(C#N)cc1. The van der Waals surface area contributed by atoms with Crippen molar-refractivity contribution in [3.05, 3.63) is 74.0 Å². The van der Waals surface area contributed by atoms with Crippen molar-refractivity contribution in [1.82, 2.24) is 0 Å². The van der Waals surface area contributed by atoms with Crippen LogP contribution in [0.2, 0.25) is 0 Å². The number of nitrogens with zero attached hydrogens (tertiary/aromatic N) is 2. The van der Waals surface area contributed by atoms with E-state index in [4.69, 9.17) is 15.4 Å². The summed E-state index contributed by atoms with van der Waals surface area (Å²) < 4.78 is 46.1. The average Bonchev–Trinajstić information content (AvgIpc) is 2.77. The molecular weight excluding hydrogens is 574 g/mol. The van der Waals surface area contributed by atoms with E-state index in [2.05, 4.69) is 0 Å². The fraction of sp³-hybridized carbons (Fsp3) is 0.280. The Labute approximate surface area is 214 Å². The van der Waals surface area contributed by atoms with Crippen LogP contribution in [0.1, 0.15) is 43.4 Å². The van der Waals surface area contributed by atoms with E-state index in [1.165, 1.54) is 36.9 Å². The number of alkyl halides is 3. The van der Waals surface area contributed by atoms with E-state index in [1.807, 2.05) is 6.07 Å². The van der Waals surface area contributed by atoms with Gasteiger partial charge in [0.15, 0.2) is 5.78 Å². The third-order valence-electron chi connectivity index (χ3n) is 5.69. The molecule has 0 saturated heterocycles. The van der Waals surface area contributed by atoms with Crippen LogP contribution in [-0.2, 0) is 20.5 Å². The minimum Gasteiger partial charge on any atom is -0.465 e. The van der Waals surface area contributed by atoms with E-state index in [-0.39, 0.29) is 33.0 Å². The zero-order chi connectivity index (χ0) is 26.1. The van der Waals surface area contributed by atoms with Crippen molar-refractivity contribution >= 4 is 45.9 Å². The van der Waals surface area contributed by atoms with Crippen molar-refractivity contribution in [2.75, 3.05) is 11.5 Å². The Morgan fingerprint density at radius 2 is 1.83 bits per heavy atom. The smallest absolute Gasteiger partial charge is 0.416 e. The van der Waals surface area contributed by atoms with Gasteiger partial charge in [-0.3, -0.25) is 15.0 Å². The van der Waals surface area contributed by atoms with Crippen molar-refractivity contribution in [3.8, 4) is 6.07 Å². The van der Waals surface area contributed by atoms with Gasteiger partial charge < -0.3 is 9.64 Å². The number of nitrogens with one attached hydrogen (secondary N) is 1. The first-order valence-corrected chi connectivity index (χ1v) is 11.6. The molecule has 0 amide bonds. The molecule has 0 fully saturated rings. The Kier molecular flexibility index (Phi) is 7.69. The molecule has 10 heteroatoms. The molecule has 35 heavy (non-hydrogen) atoms. The quantitative estimate of drug-likeness (QED) is 0.348. The van der Waals surface area contributed by atoms with Crippen molar-refractivity contribution in [2.45, 2.75) is 32.9 Å². The zero-order valence-corrected chi connectivity index (χ0v) is 21.2. The van der Waals surface area contributed by atoms with E-state index >= 15 is 0 Å². The summed E-state index contributed by atoms with van der Waals surface area (Å²) in [5.41, 5.74) is 0.403. The lowest BCUT2D eigenvalue weighted by molar-refractivity contribution is -0.146. The van der Waals surface area contributed by atoms with Crippen molar-refractivity contribution in [1.29, 1.82) is 10.7 Å². The molecule has 182 valence electrons. The normalized spacial score (nSPS) is 18.3. The highest BCUT2D eigenvalue weighted by molar-refractivity contribution is 14.1. The number of carbonyl (C=O) groups is 2. The molecular formula is C25H21F3IN3O3. The Morgan fingerprint density at radius 3 is 2.34 bits per heavy atom. The number of carbonyl (C=O) groups excluding carboxylic acids is 2. The maximum Gasteiger partial charge on any atom is 0.416 e. The van der Waals surface area contributed by atoms with Crippen LogP contribution in [0.25, 0.3) is 0 Å². The summed E-state index contributed by atoms with van der Waals surface area (Å²) in [5, 5.41) is 18.0.